The Bertz CT molecular complexity index is 1260. The largest absolute Gasteiger partial charge is 0.506 e. The first-order chi connectivity index (χ1) is 13.5. The fourth-order valence-electron chi connectivity index (χ4n) is 3.16. The lowest BCUT2D eigenvalue weighted by Gasteiger charge is -2.13. The third-order valence-electron chi connectivity index (χ3n) is 4.53. The molecule has 6 nitrogen and oxygen atoms in total. The molecule has 0 saturated carbocycles. The van der Waals surface area contributed by atoms with Crippen LogP contribution in [0.2, 0.25) is 0 Å². The lowest BCUT2D eigenvalue weighted by Crippen LogP contribution is -1.97. The van der Waals surface area contributed by atoms with Gasteiger partial charge in [-0.3, -0.25) is 0 Å². The molecule has 0 amide bonds. The van der Waals surface area contributed by atoms with Crippen LogP contribution in [0.15, 0.2) is 66.7 Å². The van der Waals surface area contributed by atoms with Crippen molar-refractivity contribution < 1.29 is 29.6 Å². The van der Waals surface area contributed by atoms with Gasteiger partial charge in [-0.2, -0.15) is 0 Å². The molecule has 4 aromatic rings. The number of carbonyl (C=O) groups is 2. The summed E-state index contributed by atoms with van der Waals surface area (Å²) < 4.78 is 6.04. The van der Waals surface area contributed by atoms with E-state index in [0.29, 0.717) is 27.7 Å². The Labute approximate surface area is 158 Å². The third kappa shape index (κ3) is 2.87. The molecule has 0 radical (unpaired) electrons. The number of carboxylic acids is 2. The number of ether oxygens (including phenoxy) is 1. The Morgan fingerprint density at radius 1 is 0.714 bits per heavy atom. The topological polar surface area (TPSA) is 104 Å². The lowest BCUT2D eigenvalue weighted by molar-refractivity contribution is 0.0684. The molecule has 138 valence electrons. The van der Waals surface area contributed by atoms with Gasteiger partial charge in [0.1, 0.15) is 22.8 Å². The summed E-state index contributed by atoms with van der Waals surface area (Å²) in [6.45, 7) is 0. The number of phenols is 1. The van der Waals surface area contributed by atoms with Crippen LogP contribution in [0, 0.1) is 0 Å². The lowest BCUT2D eigenvalue weighted by atomic mass is 10.0. The maximum Gasteiger partial charge on any atom is 0.339 e. The van der Waals surface area contributed by atoms with Crippen LogP contribution in [-0.4, -0.2) is 27.3 Å². The number of rotatable bonds is 4. The molecule has 4 aromatic carbocycles. The summed E-state index contributed by atoms with van der Waals surface area (Å²) in [6, 6.07) is 18.0. The van der Waals surface area contributed by atoms with Gasteiger partial charge >= 0.3 is 11.9 Å². The van der Waals surface area contributed by atoms with Crippen LogP contribution in [0.5, 0.6) is 17.2 Å². The Hall–Kier alpha value is -4.06. The molecule has 0 fully saturated rings. The first-order valence-electron chi connectivity index (χ1n) is 8.37. The van der Waals surface area contributed by atoms with Crippen molar-refractivity contribution in [3.8, 4) is 17.2 Å². The van der Waals surface area contributed by atoms with Crippen LogP contribution >= 0.6 is 0 Å². The van der Waals surface area contributed by atoms with Crippen molar-refractivity contribution in [3.05, 3.63) is 77.9 Å². The molecule has 0 spiro atoms. The van der Waals surface area contributed by atoms with E-state index in [2.05, 4.69) is 0 Å². The standard InChI is InChI=1S/C22H14O6/c23-20-15-4-2-6-18(14(15)9-10-16(20)22(26)27)28-19-5-1-3-12-7-8-13(21(24)25)11-17(12)19/h1-11,23H,(H,24,25)(H,26,27). The van der Waals surface area contributed by atoms with Crippen LogP contribution in [0.1, 0.15) is 20.7 Å². The minimum absolute atomic E-state index is 0.144. The maximum absolute atomic E-state index is 11.3. The number of aromatic hydroxyl groups is 1. The van der Waals surface area contributed by atoms with Crippen molar-refractivity contribution in [1.29, 1.82) is 0 Å². The van der Waals surface area contributed by atoms with E-state index in [1.54, 1.807) is 42.5 Å². The minimum Gasteiger partial charge on any atom is -0.506 e. The highest BCUT2D eigenvalue weighted by Crippen LogP contribution is 2.38. The summed E-state index contributed by atoms with van der Waals surface area (Å²) in [6.07, 6.45) is 0. The molecule has 28 heavy (non-hydrogen) atoms. The summed E-state index contributed by atoms with van der Waals surface area (Å²) in [4.78, 5) is 22.5. The van der Waals surface area contributed by atoms with Crippen molar-refractivity contribution in [2.24, 2.45) is 0 Å². The Morgan fingerprint density at radius 2 is 1.43 bits per heavy atom. The highest BCUT2D eigenvalue weighted by molar-refractivity contribution is 6.02. The number of aromatic carboxylic acids is 2. The molecule has 0 atom stereocenters. The number of benzene rings is 4. The number of hydrogen-bond donors (Lipinski definition) is 3. The molecular weight excluding hydrogens is 360 g/mol. The zero-order valence-electron chi connectivity index (χ0n) is 14.4. The van der Waals surface area contributed by atoms with Crippen molar-refractivity contribution >= 4 is 33.5 Å². The van der Waals surface area contributed by atoms with E-state index in [9.17, 15) is 24.9 Å². The number of hydrogen-bond acceptors (Lipinski definition) is 4. The Balaban J connectivity index is 1.87. The summed E-state index contributed by atoms with van der Waals surface area (Å²) in [5.74, 6) is -1.72. The zero-order chi connectivity index (χ0) is 19.8. The SMILES string of the molecule is O=C(O)c1ccc2cccc(Oc3cccc4c(O)c(C(=O)O)ccc34)c2c1. The second-order valence-electron chi connectivity index (χ2n) is 6.22. The molecule has 0 aliphatic rings. The van der Waals surface area contributed by atoms with E-state index >= 15 is 0 Å². The van der Waals surface area contributed by atoms with Gasteiger partial charge in [0, 0.05) is 16.2 Å². The van der Waals surface area contributed by atoms with E-state index in [4.69, 9.17) is 4.74 Å². The van der Waals surface area contributed by atoms with Gasteiger partial charge in [0.25, 0.3) is 0 Å². The maximum atomic E-state index is 11.3. The van der Waals surface area contributed by atoms with E-state index < -0.39 is 11.9 Å². The average Bonchev–Trinajstić information content (AvgIpc) is 2.68. The molecule has 0 aliphatic carbocycles. The zero-order valence-corrected chi connectivity index (χ0v) is 14.4. The van der Waals surface area contributed by atoms with Gasteiger partial charge < -0.3 is 20.1 Å². The molecule has 0 aromatic heterocycles. The van der Waals surface area contributed by atoms with Crippen LogP contribution in [0.4, 0.5) is 0 Å². The predicted molar refractivity (Wildman–Crippen MR) is 104 cm³/mol. The smallest absolute Gasteiger partial charge is 0.339 e. The molecule has 0 unspecified atom stereocenters. The fraction of sp³-hybridized carbons (Fsp3) is 0. The second kappa shape index (κ2) is 6.59. The summed E-state index contributed by atoms with van der Waals surface area (Å²) in [7, 11) is 0. The van der Waals surface area contributed by atoms with Crippen molar-refractivity contribution in [3.63, 3.8) is 0 Å². The van der Waals surface area contributed by atoms with E-state index in [1.807, 2.05) is 6.07 Å². The van der Waals surface area contributed by atoms with Gasteiger partial charge in [0.05, 0.1) is 5.56 Å². The van der Waals surface area contributed by atoms with Gasteiger partial charge in [-0.25, -0.2) is 9.59 Å². The molecule has 6 heteroatoms. The third-order valence-corrected chi connectivity index (χ3v) is 4.53. The van der Waals surface area contributed by atoms with Crippen LogP contribution in [-0.2, 0) is 0 Å². The highest BCUT2D eigenvalue weighted by Gasteiger charge is 2.15. The van der Waals surface area contributed by atoms with Crippen molar-refractivity contribution in [1.82, 2.24) is 0 Å². The number of fused-ring (bicyclic) bond motifs is 2. The van der Waals surface area contributed by atoms with Gasteiger partial charge in [-0.15, -0.1) is 0 Å². The van der Waals surface area contributed by atoms with Gasteiger partial charge in [0.2, 0.25) is 0 Å². The minimum atomic E-state index is -1.22. The summed E-state index contributed by atoms with van der Waals surface area (Å²) in [5.41, 5.74) is -0.0499. The molecule has 3 N–H and O–H groups in total. The highest BCUT2D eigenvalue weighted by atomic mass is 16.5. The average molecular weight is 374 g/mol. The molecule has 0 heterocycles. The first kappa shape index (κ1) is 17.4. The van der Waals surface area contributed by atoms with E-state index in [0.717, 1.165) is 5.39 Å². The molecule has 0 bridgehead atoms. The van der Waals surface area contributed by atoms with Crippen molar-refractivity contribution in [2.45, 2.75) is 0 Å². The van der Waals surface area contributed by atoms with Crippen molar-refractivity contribution in [2.75, 3.05) is 0 Å². The normalized spacial score (nSPS) is 10.9. The van der Waals surface area contributed by atoms with Crippen LogP contribution in [0.3, 0.4) is 0 Å². The van der Waals surface area contributed by atoms with Crippen LogP contribution in [0.25, 0.3) is 21.5 Å². The Morgan fingerprint density at radius 3 is 2.14 bits per heavy atom. The van der Waals surface area contributed by atoms with Gasteiger partial charge in [-0.05, 0) is 41.8 Å². The van der Waals surface area contributed by atoms with Crippen LogP contribution < -0.4 is 4.74 Å². The Kier molecular flexibility index (Phi) is 4.08. The van der Waals surface area contributed by atoms with Gasteiger partial charge in [-0.1, -0.05) is 30.3 Å². The second-order valence-corrected chi connectivity index (χ2v) is 6.22. The molecular formula is C22H14O6. The number of carboxylic acid groups (broad SMARTS) is 2. The van der Waals surface area contributed by atoms with E-state index in [-0.39, 0.29) is 16.9 Å². The summed E-state index contributed by atoms with van der Waals surface area (Å²) in [5, 5.41) is 31.0. The first-order valence-corrected chi connectivity index (χ1v) is 8.37. The summed E-state index contributed by atoms with van der Waals surface area (Å²) >= 11 is 0. The molecule has 4 rings (SSSR count). The van der Waals surface area contributed by atoms with Gasteiger partial charge in [0.15, 0.2) is 0 Å². The molecule has 0 aliphatic heterocycles. The molecule has 0 saturated heterocycles. The predicted octanol–water partition coefficient (Wildman–Crippen LogP) is 4.89. The van der Waals surface area contributed by atoms with E-state index in [1.165, 1.54) is 18.2 Å². The monoisotopic (exact) mass is 374 g/mol. The fourth-order valence-corrected chi connectivity index (χ4v) is 3.16. The quantitative estimate of drug-likeness (QED) is 0.470.